The molecule has 0 unspecified atom stereocenters. The molecule has 1 aliphatic rings. The minimum Gasteiger partial charge on any atom is -0.273 e. The van der Waals surface area contributed by atoms with Crippen molar-refractivity contribution < 1.29 is 13.0 Å². The summed E-state index contributed by atoms with van der Waals surface area (Å²) >= 11 is 0. The minimum atomic E-state index is -4.03. The molecule has 1 N–H and O–H groups in total. The van der Waals surface area contributed by atoms with Gasteiger partial charge in [0.2, 0.25) is 0 Å². The Labute approximate surface area is 86.2 Å². The van der Waals surface area contributed by atoms with Gasteiger partial charge in [0.05, 0.1) is 0 Å². The lowest BCUT2D eigenvalue weighted by molar-refractivity contribution is 0.201. The maximum atomic E-state index is 11.2. The molecular formula is C9H19NO3S. The van der Waals surface area contributed by atoms with Crippen LogP contribution < -0.4 is 0 Å². The van der Waals surface area contributed by atoms with Crippen molar-refractivity contribution in [1.29, 1.82) is 0 Å². The number of rotatable bonds is 3. The molecule has 0 spiro atoms. The molecule has 0 saturated heterocycles. The third-order valence-corrected chi connectivity index (χ3v) is 3.96. The van der Waals surface area contributed by atoms with Crippen molar-refractivity contribution in [2.45, 2.75) is 58.0 Å². The Bertz CT molecular complexity index is 268. The highest BCUT2D eigenvalue weighted by molar-refractivity contribution is 7.83. The number of hydrogen-bond donors (Lipinski definition) is 1. The largest absolute Gasteiger partial charge is 0.336 e. The van der Waals surface area contributed by atoms with E-state index in [1.54, 1.807) is 13.8 Å². The van der Waals surface area contributed by atoms with Crippen LogP contribution in [0, 0.1) is 0 Å². The van der Waals surface area contributed by atoms with E-state index in [9.17, 15) is 8.42 Å². The van der Waals surface area contributed by atoms with Crippen molar-refractivity contribution in [3.8, 4) is 0 Å². The highest BCUT2D eigenvalue weighted by atomic mass is 32.2. The monoisotopic (exact) mass is 221 g/mol. The third-order valence-electron chi connectivity index (χ3n) is 2.71. The Balaban J connectivity index is 2.76. The lowest BCUT2D eigenvalue weighted by atomic mass is 9.95. The standard InChI is InChI=1S/C9H19NO3S/c1-8(2)10(14(11,12)13)9-6-4-3-5-7-9/h8-9H,3-7H2,1-2H3,(H,11,12,13). The maximum absolute atomic E-state index is 11.2. The molecule has 0 atom stereocenters. The van der Waals surface area contributed by atoms with E-state index in [0.29, 0.717) is 0 Å². The van der Waals surface area contributed by atoms with Gasteiger partial charge in [0.15, 0.2) is 0 Å². The fourth-order valence-electron chi connectivity index (χ4n) is 2.21. The maximum Gasteiger partial charge on any atom is 0.336 e. The molecule has 14 heavy (non-hydrogen) atoms. The van der Waals surface area contributed by atoms with Crippen LogP contribution in [0.15, 0.2) is 0 Å². The first-order valence-electron chi connectivity index (χ1n) is 5.19. The van der Waals surface area contributed by atoms with E-state index < -0.39 is 10.3 Å². The van der Waals surface area contributed by atoms with Crippen LogP contribution in [0.5, 0.6) is 0 Å². The summed E-state index contributed by atoms with van der Waals surface area (Å²) in [7, 11) is -4.03. The predicted octanol–water partition coefficient (Wildman–Crippen LogP) is 1.83. The molecule has 0 aliphatic heterocycles. The first-order chi connectivity index (χ1) is 6.43. The van der Waals surface area contributed by atoms with Crippen molar-refractivity contribution in [2.24, 2.45) is 0 Å². The molecule has 0 bridgehead atoms. The predicted molar refractivity (Wildman–Crippen MR) is 55.4 cm³/mol. The van der Waals surface area contributed by atoms with Crippen LogP contribution in [0.4, 0.5) is 0 Å². The SMILES string of the molecule is CC(C)N(C1CCCCC1)S(=O)(=O)O. The second-order valence-corrected chi connectivity index (χ2v) is 5.51. The molecule has 5 heteroatoms. The van der Waals surface area contributed by atoms with Crippen LogP contribution in [-0.2, 0) is 10.3 Å². The Morgan fingerprint density at radius 2 is 1.71 bits per heavy atom. The molecule has 1 saturated carbocycles. The summed E-state index contributed by atoms with van der Waals surface area (Å²) in [5.74, 6) is 0. The van der Waals surface area contributed by atoms with Gasteiger partial charge in [-0.1, -0.05) is 19.3 Å². The summed E-state index contributed by atoms with van der Waals surface area (Å²) < 4.78 is 32.6. The van der Waals surface area contributed by atoms with Crippen LogP contribution >= 0.6 is 0 Å². The van der Waals surface area contributed by atoms with Crippen molar-refractivity contribution in [2.75, 3.05) is 0 Å². The molecule has 1 fully saturated rings. The quantitative estimate of drug-likeness (QED) is 0.740. The van der Waals surface area contributed by atoms with Gasteiger partial charge in [-0.15, -0.1) is 0 Å². The molecule has 0 aromatic heterocycles. The van der Waals surface area contributed by atoms with Gasteiger partial charge >= 0.3 is 10.3 Å². The molecular weight excluding hydrogens is 202 g/mol. The summed E-state index contributed by atoms with van der Waals surface area (Å²) in [6, 6.07) is -0.160. The summed E-state index contributed by atoms with van der Waals surface area (Å²) in [6.07, 6.45) is 5.04. The van der Waals surface area contributed by atoms with Gasteiger partial charge in [0.1, 0.15) is 0 Å². The summed E-state index contributed by atoms with van der Waals surface area (Å²) in [5, 5.41) is 0. The average Bonchev–Trinajstić information content (AvgIpc) is 2.02. The Morgan fingerprint density at radius 1 is 1.21 bits per heavy atom. The first-order valence-corrected chi connectivity index (χ1v) is 6.58. The van der Waals surface area contributed by atoms with E-state index in [1.807, 2.05) is 0 Å². The van der Waals surface area contributed by atoms with Crippen LogP contribution in [0.2, 0.25) is 0 Å². The van der Waals surface area contributed by atoms with Gasteiger partial charge in [0.25, 0.3) is 0 Å². The molecule has 0 amide bonds. The zero-order valence-electron chi connectivity index (χ0n) is 8.81. The van der Waals surface area contributed by atoms with Gasteiger partial charge in [-0.25, -0.2) is 0 Å². The Hall–Kier alpha value is -0.130. The van der Waals surface area contributed by atoms with Crippen molar-refractivity contribution >= 4 is 10.3 Å². The lowest BCUT2D eigenvalue weighted by Crippen LogP contribution is -2.45. The number of nitrogens with zero attached hydrogens (tertiary/aromatic N) is 1. The fraction of sp³-hybridized carbons (Fsp3) is 1.00. The molecule has 4 nitrogen and oxygen atoms in total. The van der Waals surface area contributed by atoms with Crippen LogP contribution in [-0.4, -0.2) is 29.4 Å². The van der Waals surface area contributed by atoms with E-state index in [2.05, 4.69) is 0 Å². The van der Waals surface area contributed by atoms with Crippen molar-refractivity contribution in [3.05, 3.63) is 0 Å². The molecule has 0 aromatic rings. The van der Waals surface area contributed by atoms with Gasteiger partial charge in [-0.05, 0) is 26.7 Å². The zero-order valence-corrected chi connectivity index (χ0v) is 9.63. The summed E-state index contributed by atoms with van der Waals surface area (Å²) in [5.41, 5.74) is 0. The normalized spacial score (nSPS) is 20.6. The van der Waals surface area contributed by atoms with Crippen molar-refractivity contribution in [3.63, 3.8) is 0 Å². The minimum absolute atomic E-state index is 0.00116. The van der Waals surface area contributed by atoms with Gasteiger partial charge in [0, 0.05) is 12.1 Å². The molecule has 84 valence electrons. The van der Waals surface area contributed by atoms with E-state index in [0.717, 1.165) is 25.7 Å². The molecule has 0 aromatic carbocycles. The molecule has 1 aliphatic carbocycles. The summed E-state index contributed by atoms with van der Waals surface area (Å²) in [6.45, 7) is 3.59. The highest BCUT2D eigenvalue weighted by Gasteiger charge is 2.31. The fourth-order valence-corrected chi connectivity index (χ4v) is 3.33. The van der Waals surface area contributed by atoms with Gasteiger partial charge in [-0.3, -0.25) is 4.55 Å². The highest BCUT2D eigenvalue weighted by Crippen LogP contribution is 2.25. The van der Waals surface area contributed by atoms with Crippen LogP contribution in [0.3, 0.4) is 0 Å². The molecule has 0 heterocycles. The topological polar surface area (TPSA) is 57.6 Å². The van der Waals surface area contributed by atoms with Crippen LogP contribution in [0.25, 0.3) is 0 Å². The van der Waals surface area contributed by atoms with E-state index >= 15 is 0 Å². The van der Waals surface area contributed by atoms with Gasteiger partial charge < -0.3 is 0 Å². The van der Waals surface area contributed by atoms with E-state index in [-0.39, 0.29) is 12.1 Å². The average molecular weight is 221 g/mol. The lowest BCUT2D eigenvalue weighted by Gasteiger charge is -2.33. The van der Waals surface area contributed by atoms with E-state index in [1.165, 1.54) is 10.7 Å². The second kappa shape index (κ2) is 4.59. The Morgan fingerprint density at radius 3 is 2.07 bits per heavy atom. The number of hydrogen-bond acceptors (Lipinski definition) is 2. The second-order valence-electron chi connectivity index (χ2n) is 4.19. The third kappa shape index (κ3) is 2.93. The van der Waals surface area contributed by atoms with Gasteiger partial charge in [-0.2, -0.15) is 12.7 Å². The summed E-state index contributed by atoms with van der Waals surface area (Å²) in [4.78, 5) is 0. The van der Waals surface area contributed by atoms with E-state index in [4.69, 9.17) is 4.55 Å². The first kappa shape index (κ1) is 11.9. The molecule has 1 rings (SSSR count). The smallest absolute Gasteiger partial charge is 0.273 e. The van der Waals surface area contributed by atoms with Crippen molar-refractivity contribution in [1.82, 2.24) is 4.31 Å². The molecule has 0 radical (unpaired) electrons. The zero-order chi connectivity index (χ0) is 10.8. The Kier molecular flexibility index (Phi) is 3.92. The van der Waals surface area contributed by atoms with Crippen LogP contribution in [0.1, 0.15) is 46.0 Å².